The minimum absolute atomic E-state index is 0.332. The minimum Gasteiger partial charge on any atom is -0.481 e. The Morgan fingerprint density at radius 1 is 1.32 bits per heavy atom. The summed E-state index contributed by atoms with van der Waals surface area (Å²) in [5.41, 5.74) is 1.18. The van der Waals surface area contributed by atoms with Gasteiger partial charge in [-0.05, 0) is 19.4 Å². The lowest BCUT2D eigenvalue weighted by atomic mass is 9.94. The van der Waals surface area contributed by atoms with Crippen LogP contribution in [0.1, 0.15) is 35.8 Å². The smallest absolute Gasteiger partial charge is 0.308 e. The van der Waals surface area contributed by atoms with Crippen molar-refractivity contribution in [1.82, 2.24) is 15.1 Å². The van der Waals surface area contributed by atoms with Gasteiger partial charge in [-0.2, -0.15) is 5.10 Å². The molecule has 2 rings (SSSR count). The second kappa shape index (κ2) is 6.89. The lowest BCUT2D eigenvalue weighted by Gasteiger charge is -2.22. The molecule has 1 aromatic carbocycles. The third kappa shape index (κ3) is 3.52. The van der Waals surface area contributed by atoms with Crippen LogP contribution in [0.15, 0.2) is 42.7 Å². The Balaban J connectivity index is 2.22. The van der Waals surface area contributed by atoms with Crippen molar-refractivity contribution in [1.29, 1.82) is 0 Å². The number of aliphatic carboxylic acids is 1. The van der Waals surface area contributed by atoms with Gasteiger partial charge < -0.3 is 10.4 Å². The van der Waals surface area contributed by atoms with Crippen LogP contribution >= 0.6 is 0 Å². The second-order valence-corrected chi connectivity index (χ2v) is 5.07. The number of amides is 1. The van der Waals surface area contributed by atoms with E-state index in [2.05, 4.69) is 10.4 Å². The molecule has 0 fully saturated rings. The van der Waals surface area contributed by atoms with Gasteiger partial charge in [0, 0.05) is 12.7 Å². The zero-order valence-corrected chi connectivity index (χ0v) is 12.6. The van der Waals surface area contributed by atoms with E-state index in [1.54, 1.807) is 29.9 Å². The Morgan fingerprint density at radius 2 is 2.00 bits per heavy atom. The van der Waals surface area contributed by atoms with Crippen molar-refractivity contribution in [3.05, 3.63) is 53.9 Å². The summed E-state index contributed by atoms with van der Waals surface area (Å²) in [5, 5.41) is 16.1. The van der Waals surface area contributed by atoms with Gasteiger partial charge in [-0.25, -0.2) is 0 Å². The molecule has 0 spiro atoms. The number of hydrogen-bond acceptors (Lipinski definition) is 3. The summed E-state index contributed by atoms with van der Waals surface area (Å²) in [4.78, 5) is 23.6. The van der Waals surface area contributed by atoms with Crippen molar-refractivity contribution in [3.63, 3.8) is 0 Å². The number of aromatic nitrogens is 2. The third-order valence-corrected chi connectivity index (χ3v) is 3.55. The van der Waals surface area contributed by atoms with Crippen molar-refractivity contribution in [3.8, 4) is 0 Å². The van der Waals surface area contributed by atoms with Gasteiger partial charge in [-0.1, -0.05) is 30.3 Å². The number of carbonyl (C=O) groups is 2. The fourth-order valence-corrected chi connectivity index (χ4v) is 2.18. The molecule has 0 unspecified atom stereocenters. The predicted molar refractivity (Wildman–Crippen MR) is 81.4 cm³/mol. The Hall–Kier alpha value is -2.63. The summed E-state index contributed by atoms with van der Waals surface area (Å²) in [7, 11) is 0. The van der Waals surface area contributed by atoms with Crippen LogP contribution in [0.25, 0.3) is 0 Å². The van der Waals surface area contributed by atoms with E-state index < -0.39 is 17.9 Å². The van der Waals surface area contributed by atoms with Crippen molar-refractivity contribution in [2.45, 2.75) is 26.4 Å². The standard InChI is InChI=1S/C16H19N3O3/c1-3-19-10-13(9-17-19)15(20)18-14(11(2)16(21)22)12-7-5-4-6-8-12/h4-11,14H,3H2,1-2H3,(H,18,20)(H,21,22)/t11-,14+/m0/s1. The Labute approximate surface area is 128 Å². The molecule has 1 amide bonds. The van der Waals surface area contributed by atoms with E-state index in [4.69, 9.17) is 0 Å². The molecule has 0 radical (unpaired) electrons. The number of aryl methyl sites for hydroxylation is 1. The van der Waals surface area contributed by atoms with Gasteiger partial charge >= 0.3 is 5.97 Å². The molecule has 0 aliphatic rings. The van der Waals surface area contributed by atoms with Crippen LogP contribution in [0.5, 0.6) is 0 Å². The summed E-state index contributed by atoms with van der Waals surface area (Å²) in [6, 6.07) is 8.49. The highest BCUT2D eigenvalue weighted by molar-refractivity contribution is 5.94. The molecule has 0 aliphatic heterocycles. The number of carboxylic acid groups (broad SMARTS) is 1. The highest BCUT2D eigenvalue weighted by atomic mass is 16.4. The lowest BCUT2D eigenvalue weighted by molar-refractivity contribution is -0.142. The third-order valence-electron chi connectivity index (χ3n) is 3.55. The number of nitrogens with zero attached hydrogens (tertiary/aromatic N) is 2. The topological polar surface area (TPSA) is 84.2 Å². The van der Waals surface area contributed by atoms with Crippen molar-refractivity contribution < 1.29 is 14.7 Å². The van der Waals surface area contributed by atoms with Crippen LogP contribution in [0.3, 0.4) is 0 Å². The van der Waals surface area contributed by atoms with Gasteiger partial charge in [0.15, 0.2) is 0 Å². The van der Waals surface area contributed by atoms with Crippen LogP contribution < -0.4 is 5.32 Å². The quantitative estimate of drug-likeness (QED) is 0.855. The molecule has 0 aliphatic carbocycles. The number of hydrogen-bond donors (Lipinski definition) is 2. The molecule has 1 aromatic heterocycles. The molecule has 116 valence electrons. The first-order chi connectivity index (χ1) is 10.5. The largest absolute Gasteiger partial charge is 0.481 e. The van der Waals surface area contributed by atoms with E-state index in [-0.39, 0.29) is 5.91 Å². The van der Waals surface area contributed by atoms with Crippen LogP contribution in [0.4, 0.5) is 0 Å². The maximum Gasteiger partial charge on any atom is 0.308 e. The summed E-state index contributed by atoms with van der Waals surface area (Å²) < 4.78 is 1.65. The van der Waals surface area contributed by atoms with Crippen molar-refractivity contribution >= 4 is 11.9 Å². The number of carbonyl (C=O) groups excluding carboxylic acids is 1. The molecule has 0 bridgehead atoms. The fraction of sp³-hybridized carbons (Fsp3) is 0.312. The highest BCUT2D eigenvalue weighted by Gasteiger charge is 2.27. The van der Waals surface area contributed by atoms with Crippen LogP contribution in [-0.2, 0) is 11.3 Å². The average molecular weight is 301 g/mol. The molecule has 1 heterocycles. The maximum absolute atomic E-state index is 12.3. The molecular weight excluding hydrogens is 282 g/mol. The SMILES string of the molecule is CCn1cc(C(=O)N[C@@H](c2ccccc2)[C@H](C)C(=O)O)cn1. The summed E-state index contributed by atoms with van der Waals surface area (Å²) in [5.74, 6) is -2.03. The van der Waals surface area contributed by atoms with E-state index in [1.807, 2.05) is 25.1 Å². The van der Waals surface area contributed by atoms with E-state index >= 15 is 0 Å². The number of carboxylic acids is 1. The van der Waals surface area contributed by atoms with E-state index in [9.17, 15) is 14.7 Å². The number of benzene rings is 1. The second-order valence-electron chi connectivity index (χ2n) is 5.07. The zero-order chi connectivity index (χ0) is 16.1. The Morgan fingerprint density at radius 3 is 2.55 bits per heavy atom. The first-order valence-electron chi connectivity index (χ1n) is 7.14. The zero-order valence-electron chi connectivity index (χ0n) is 12.6. The molecule has 0 saturated carbocycles. The molecule has 6 heteroatoms. The van der Waals surface area contributed by atoms with Crippen molar-refractivity contribution in [2.24, 2.45) is 5.92 Å². The van der Waals surface area contributed by atoms with Gasteiger partial charge in [0.05, 0.1) is 23.7 Å². The first-order valence-corrected chi connectivity index (χ1v) is 7.14. The number of nitrogens with one attached hydrogen (secondary N) is 1. The van der Waals surface area contributed by atoms with Crippen molar-refractivity contribution in [2.75, 3.05) is 0 Å². The van der Waals surface area contributed by atoms with Gasteiger partial charge in [0.2, 0.25) is 0 Å². The predicted octanol–water partition coefficient (Wildman–Crippen LogP) is 2.09. The first kappa shape index (κ1) is 15.8. The van der Waals surface area contributed by atoms with Crippen LogP contribution in [0, 0.1) is 5.92 Å². The van der Waals surface area contributed by atoms with Crippen LogP contribution in [0.2, 0.25) is 0 Å². The van der Waals surface area contributed by atoms with Crippen LogP contribution in [-0.4, -0.2) is 26.8 Å². The maximum atomic E-state index is 12.3. The van der Waals surface area contributed by atoms with E-state index in [0.29, 0.717) is 12.1 Å². The molecule has 2 N–H and O–H groups in total. The highest BCUT2D eigenvalue weighted by Crippen LogP contribution is 2.22. The summed E-state index contributed by atoms with van der Waals surface area (Å²) >= 11 is 0. The van der Waals surface area contributed by atoms with Gasteiger partial charge in [0.25, 0.3) is 5.91 Å². The van der Waals surface area contributed by atoms with Gasteiger partial charge in [0.1, 0.15) is 0 Å². The summed E-state index contributed by atoms with van der Waals surface area (Å²) in [6.45, 7) is 4.17. The number of rotatable bonds is 6. The van der Waals surface area contributed by atoms with E-state index in [1.165, 1.54) is 6.20 Å². The minimum atomic E-state index is -0.960. The fourth-order valence-electron chi connectivity index (χ4n) is 2.18. The average Bonchev–Trinajstić information content (AvgIpc) is 3.01. The van der Waals surface area contributed by atoms with Gasteiger partial charge in [-0.3, -0.25) is 14.3 Å². The molecule has 2 atom stereocenters. The lowest BCUT2D eigenvalue weighted by Crippen LogP contribution is -2.35. The Bertz CT molecular complexity index is 652. The monoisotopic (exact) mass is 301 g/mol. The molecule has 22 heavy (non-hydrogen) atoms. The Kier molecular flexibility index (Phi) is 4.93. The normalized spacial score (nSPS) is 13.4. The molecule has 0 saturated heterocycles. The molecular formula is C16H19N3O3. The van der Waals surface area contributed by atoms with Gasteiger partial charge in [-0.15, -0.1) is 0 Å². The molecule has 6 nitrogen and oxygen atoms in total. The molecule has 2 aromatic rings. The van der Waals surface area contributed by atoms with E-state index in [0.717, 1.165) is 5.56 Å². The summed E-state index contributed by atoms with van der Waals surface area (Å²) in [6.07, 6.45) is 3.12.